The first kappa shape index (κ1) is 13.4. The molecule has 1 unspecified atom stereocenters. The highest BCUT2D eigenvalue weighted by Gasteiger charge is 2.29. The van der Waals surface area contributed by atoms with Crippen LogP contribution in [0.25, 0.3) is 0 Å². The second-order valence-corrected chi connectivity index (χ2v) is 7.25. The van der Waals surface area contributed by atoms with Crippen molar-refractivity contribution < 1.29 is 5.11 Å². The lowest BCUT2D eigenvalue weighted by atomic mass is 9.75. The van der Waals surface area contributed by atoms with Crippen LogP contribution in [-0.2, 0) is 0 Å². The standard InChI is InChI=1S/C14H21ClOS/c1-9(2)10-3-5-11(6-4-10)14(16)12-7-8-13(15)17-12/h7-11,14,16H,3-6H2,1-2H3. The van der Waals surface area contributed by atoms with Gasteiger partial charge in [-0.25, -0.2) is 0 Å². The number of halogens is 1. The van der Waals surface area contributed by atoms with E-state index in [4.69, 9.17) is 11.6 Å². The van der Waals surface area contributed by atoms with Crippen molar-refractivity contribution in [2.45, 2.75) is 45.6 Å². The van der Waals surface area contributed by atoms with Crippen LogP contribution in [0.5, 0.6) is 0 Å². The van der Waals surface area contributed by atoms with Crippen LogP contribution in [0.1, 0.15) is 50.5 Å². The summed E-state index contributed by atoms with van der Waals surface area (Å²) in [5.41, 5.74) is 0. The molecule has 17 heavy (non-hydrogen) atoms. The summed E-state index contributed by atoms with van der Waals surface area (Å²) in [5, 5.41) is 10.3. The number of aliphatic hydroxyl groups is 1. The van der Waals surface area contributed by atoms with Crippen molar-refractivity contribution in [1.29, 1.82) is 0 Å². The fraction of sp³-hybridized carbons (Fsp3) is 0.714. The molecule has 0 aromatic carbocycles. The zero-order valence-electron chi connectivity index (χ0n) is 10.5. The maximum Gasteiger partial charge on any atom is 0.0932 e. The molecule has 1 aliphatic carbocycles. The minimum atomic E-state index is -0.305. The monoisotopic (exact) mass is 272 g/mol. The first-order valence-electron chi connectivity index (χ1n) is 6.51. The Bertz CT molecular complexity index is 353. The van der Waals surface area contributed by atoms with Crippen molar-refractivity contribution in [3.63, 3.8) is 0 Å². The van der Waals surface area contributed by atoms with Gasteiger partial charge in [0.15, 0.2) is 0 Å². The summed E-state index contributed by atoms with van der Waals surface area (Å²) < 4.78 is 0.773. The zero-order chi connectivity index (χ0) is 12.4. The Morgan fingerprint density at radius 1 is 1.18 bits per heavy atom. The first-order chi connectivity index (χ1) is 8.08. The molecular formula is C14H21ClOS. The van der Waals surface area contributed by atoms with Crippen LogP contribution in [0.2, 0.25) is 4.34 Å². The van der Waals surface area contributed by atoms with Gasteiger partial charge in [-0.3, -0.25) is 0 Å². The lowest BCUT2D eigenvalue weighted by Crippen LogP contribution is -2.22. The molecule has 2 rings (SSSR count). The van der Waals surface area contributed by atoms with Crippen molar-refractivity contribution in [2.24, 2.45) is 17.8 Å². The largest absolute Gasteiger partial charge is 0.387 e. The van der Waals surface area contributed by atoms with Gasteiger partial charge in [-0.2, -0.15) is 0 Å². The molecule has 1 saturated carbocycles. The van der Waals surface area contributed by atoms with Gasteiger partial charge >= 0.3 is 0 Å². The van der Waals surface area contributed by atoms with E-state index >= 15 is 0 Å². The fourth-order valence-electron chi connectivity index (χ4n) is 2.85. The van der Waals surface area contributed by atoms with Crippen molar-refractivity contribution >= 4 is 22.9 Å². The van der Waals surface area contributed by atoms with Gasteiger partial charge in [0, 0.05) is 4.88 Å². The van der Waals surface area contributed by atoms with E-state index in [-0.39, 0.29) is 6.10 Å². The van der Waals surface area contributed by atoms with Gasteiger partial charge in [-0.1, -0.05) is 25.4 Å². The van der Waals surface area contributed by atoms with Crippen molar-refractivity contribution in [3.8, 4) is 0 Å². The molecule has 0 saturated heterocycles. The lowest BCUT2D eigenvalue weighted by Gasteiger charge is -2.33. The maximum atomic E-state index is 10.3. The van der Waals surface area contributed by atoms with E-state index in [2.05, 4.69) is 13.8 Å². The summed E-state index contributed by atoms with van der Waals surface area (Å²) in [6.45, 7) is 4.61. The average Bonchev–Trinajstić information content (AvgIpc) is 2.75. The molecule has 3 heteroatoms. The van der Waals surface area contributed by atoms with Crippen LogP contribution in [0, 0.1) is 17.8 Å². The topological polar surface area (TPSA) is 20.2 Å². The van der Waals surface area contributed by atoms with E-state index in [0.717, 1.165) is 33.9 Å². The molecule has 1 heterocycles. The molecule has 1 N–H and O–H groups in total. The van der Waals surface area contributed by atoms with E-state index in [1.807, 2.05) is 12.1 Å². The summed E-state index contributed by atoms with van der Waals surface area (Å²) in [7, 11) is 0. The van der Waals surface area contributed by atoms with Crippen molar-refractivity contribution in [2.75, 3.05) is 0 Å². The van der Waals surface area contributed by atoms with Crippen LogP contribution in [-0.4, -0.2) is 5.11 Å². The average molecular weight is 273 g/mol. The lowest BCUT2D eigenvalue weighted by molar-refractivity contribution is 0.0694. The zero-order valence-corrected chi connectivity index (χ0v) is 12.1. The Labute approximate surface area is 113 Å². The summed E-state index contributed by atoms with van der Waals surface area (Å²) in [4.78, 5) is 1.03. The van der Waals surface area contributed by atoms with E-state index in [1.54, 1.807) is 0 Å². The SMILES string of the molecule is CC(C)C1CCC(C(O)c2ccc(Cl)s2)CC1. The van der Waals surface area contributed by atoms with Crippen LogP contribution >= 0.6 is 22.9 Å². The van der Waals surface area contributed by atoms with E-state index in [9.17, 15) is 5.11 Å². The first-order valence-corrected chi connectivity index (χ1v) is 7.70. The molecule has 0 aliphatic heterocycles. The molecule has 1 fully saturated rings. The molecule has 1 aromatic heterocycles. The van der Waals surface area contributed by atoms with E-state index < -0.39 is 0 Å². The molecule has 1 aromatic rings. The minimum Gasteiger partial charge on any atom is -0.387 e. The number of hydrogen-bond acceptors (Lipinski definition) is 2. The van der Waals surface area contributed by atoms with Crippen LogP contribution < -0.4 is 0 Å². The summed E-state index contributed by atoms with van der Waals surface area (Å²) in [6, 6.07) is 3.84. The number of thiophene rings is 1. The third-order valence-electron chi connectivity index (χ3n) is 4.09. The molecule has 0 spiro atoms. The molecule has 0 radical (unpaired) electrons. The highest BCUT2D eigenvalue weighted by atomic mass is 35.5. The molecule has 1 atom stereocenters. The maximum absolute atomic E-state index is 10.3. The fourth-order valence-corrected chi connectivity index (χ4v) is 3.99. The molecule has 0 amide bonds. The van der Waals surface area contributed by atoms with E-state index in [0.29, 0.717) is 5.92 Å². The van der Waals surface area contributed by atoms with Gasteiger partial charge in [-0.05, 0) is 55.6 Å². The Morgan fingerprint density at radius 3 is 2.24 bits per heavy atom. The van der Waals surface area contributed by atoms with Crippen molar-refractivity contribution in [3.05, 3.63) is 21.3 Å². The highest BCUT2D eigenvalue weighted by Crippen LogP contribution is 2.41. The second kappa shape index (κ2) is 5.73. The smallest absolute Gasteiger partial charge is 0.0932 e. The van der Waals surface area contributed by atoms with Gasteiger partial charge in [-0.15, -0.1) is 11.3 Å². The summed E-state index contributed by atoms with van der Waals surface area (Å²) >= 11 is 7.43. The van der Waals surface area contributed by atoms with Gasteiger partial charge in [0.05, 0.1) is 10.4 Å². The van der Waals surface area contributed by atoms with Gasteiger partial charge in [0.25, 0.3) is 0 Å². The Kier molecular flexibility index (Phi) is 4.51. The number of aliphatic hydroxyl groups excluding tert-OH is 1. The minimum absolute atomic E-state index is 0.305. The highest BCUT2D eigenvalue weighted by molar-refractivity contribution is 7.16. The Balaban J connectivity index is 1.92. The molecule has 0 bridgehead atoms. The molecular weight excluding hydrogens is 252 g/mol. The van der Waals surface area contributed by atoms with Crippen LogP contribution in [0.4, 0.5) is 0 Å². The Hall–Kier alpha value is -0.0500. The molecule has 1 nitrogen and oxygen atoms in total. The molecule has 96 valence electrons. The summed E-state index contributed by atoms with van der Waals surface area (Å²) in [6.07, 6.45) is 4.52. The predicted molar refractivity (Wildman–Crippen MR) is 74.6 cm³/mol. The third kappa shape index (κ3) is 3.24. The number of rotatable bonds is 3. The second-order valence-electron chi connectivity index (χ2n) is 5.51. The van der Waals surface area contributed by atoms with E-state index in [1.165, 1.54) is 24.2 Å². The normalized spacial score (nSPS) is 27.4. The van der Waals surface area contributed by atoms with Crippen LogP contribution in [0.15, 0.2) is 12.1 Å². The quantitative estimate of drug-likeness (QED) is 0.830. The van der Waals surface area contributed by atoms with Crippen LogP contribution in [0.3, 0.4) is 0 Å². The van der Waals surface area contributed by atoms with Gasteiger partial charge in [0.2, 0.25) is 0 Å². The summed E-state index contributed by atoms with van der Waals surface area (Å²) in [5.74, 6) is 2.06. The van der Waals surface area contributed by atoms with Crippen molar-refractivity contribution in [1.82, 2.24) is 0 Å². The third-order valence-corrected chi connectivity index (χ3v) is 5.39. The Morgan fingerprint density at radius 2 is 1.76 bits per heavy atom. The molecule has 1 aliphatic rings. The predicted octanol–water partition coefficient (Wildman–Crippen LogP) is 4.90. The van der Waals surface area contributed by atoms with Gasteiger partial charge in [0.1, 0.15) is 0 Å². The van der Waals surface area contributed by atoms with Gasteiger partial charge < -0.3 is 5.11 Å². The number of hydrogen-bond donors (Lipinski definition) is 1.